The van der Waals surface area contributed by atoms with E-state index >= 15 is 0 Å². The molecular formula is C18H17Cl3O4S. The zero-order chi connectivity index (χ0) is 20.0. The topological polar surface area (TPSA) is 80.6 Å². The largest absolute Gasteiger partial charge is 0.606 e. The molecule has 0 aromatic heterocycles. The van der Waals surface area contributed by atoms with E-state index < -0.39 is 22.6 Å². The van der Waals surface area contributed by atoms with E-state index in [-0.39, 0.29) is 41.7 Å². The molecule has 140 valence electrons. The summed E-state index contributed by atoms with van der Waals surface area (Å²) in [5, 5.41) is 20.5. The summed E-state index contributed by atoms with van der Waals surface area (Å²) >= 11 is 16.3. The fraction of sp³-hybridized carbons (Fsp3) is 0.278. The van der Waals surface area contributed by atoms with Gasteiger partial charge in [-0.2, -0.15) is 0 Å². The Morgan fingerprint density at radius 3 is 2.08 bits per heavy atom. The highest BCUT2D eigenvalue weighted by molar-refractivity contribution is 7.91. The molecule has 0 fully saturated rings. The highest BCUT2D eigenvalue weighted by Gasteiger charge is 2.32. The summed E-state index contributed by atoms with van der Waals surface area (Å²) in [5.41, 5.74) is -0.275. The Labute approximate surface area is 169 Å². The third-order valence-corrected chi connectivity index (χ3v) is 6.62. The number of phenols is 1. The van der Waals surface area contributed by atoms with Gasteiger partial charge in [-0.15, -0.1) is 0 Å². The van der Waals surface area contributed by atoms with Crippen LogP contribution in [0.2, 0.25) is 15.1 Å². The maximum absolute atomic E-state index is 13.2. The molecule has 2 N–H and O–H groups in total. The van der Waals surface area contributed by atoms with Crippen LogP contribution in [0.15, 0.2) is 28.0 Å². The van der Waals surface area contributed by atoms with E-state index in [4.69, 9.17) is 34.8 Å². The van der Waals surface area contributed by atoms with Gasteiger partial charge in [0.05, 0.1) is 15.1 Å². The Morgan fingerprint density at radius 1 is 1.04 bits per heavy atom. The van der Waals surface area contributed by atoms with Crippen molar-refractivity contribution >= 4 is 51.9 Å². The molecule has 0 saturated heterocycles. The predicted octanol–water partition coefficient (Wildman–Crippen LogP) is 5.82. The minimum absolute atomic E-state index is 0.152. The molecule has 0 amide bonds. The zero-order valence-corrected chi connectivity index (χ0v) is 17.6. The maximum Gasteiger partial charge on any atom is 0.339 e. The molecule has 0 radical (unpaired) electrons. The van der Waals surface area contributed by atoms with Crippen molar-refractivity contribution in [1.82, 2.24) is 0 Å². The summed E-state index contributed by atoms with van der Waals surface area (Å²) in [4.78, 5) is 12.1. The molecule has 0 heterocycles. The van der Waals surface area contributed by atoms with Crippen molar-refractivity contribution in [3.8, 4) is 5.75 Å². The normalized spacial score (nSPS) is 12.9. The van der Waals surface area contributed by atoms with E-state index in [9.17, 15) is 19.6 Å². The number of hydrogen-bond acceptors (Lipinski definition) is 3. The van der Waals surface area contributed by atoms with E-state index in [0.717, 1.165) is 0 Å². The molecular weight excluding hydrogens is 419 g/mol. The van der Waals surface area contributed by atoms with Gasteiger partial charge in [0.1, 0.15) is 11.3 Å². The van der Waals surface area contributed by atoms with Crippen molar-refractivity contribution in [1.29, 1.82) is 0 Å². The smallest absolute Gasteiger partial charge is 0.339 e. The number of hydrogen-bond donors (Lipinski definition) is 2. The summed E-state index contributed by atoms with van der Waals surface area (Å²) in [5.74, 6) is -1.63. The van der Waals surface area contributed by atoms with Crippen molar-refractivity contribution < 1.29 is 19.6 Å². The average molecular weight is 436 g/mol. The Kier molecular flexibility index (Phi) is 6.10. The zero-order valence-electron chi connectivity index (χ0n) is 14.5. The van der Waals surface area contributed by atoms with Crippen molar-refractivity contribution in [3.63, 3.8) is 0 Å². The monoisotopic (exact) mass is 434 g/mol. The predicted molar refractivity (Wildman–Crippen MR) is 105 cm³/mol. The number of aromatic hydroxyl groups is 1. The maximum atomic E-state index is 13.2. The van der Waals surface area contributed by atoms with Crippen LogP contribution in [0.3, 0.4) is 0 Å². The van der Waals surface area contributed by atoms with Crippen LogP contribution in [0, 0.1) is 6.92 Å². The summed E-state index contributed by atoms with van der Waals surface area (Å²) < 4.78 is 13.2. The Hall–Kier alpha value is -1.11. The van der Waals surface area contributed by atoms with Gasteiger partial charge in [-0.25, -0.2) is 4.79 Å². The Balaban J connectivity index is 2.79. The number of benzene rings is 2. The van der Waals surface area contributed by atoms with E-state index in [1.165, 1.54) is 19.1 Å². The molecule has 4 nitrogen and oxygen atoms in total. The fourth-order valence-corrected chi connectivity index (χ4v) is 4.66. The molecule has 26 heavy (non-hydrogen) atoms. The molecule has 0 bridgehead atoms. The highest BCUT2D eigenvalue weighted by Crippen LogP contribution is 2.41. The summed E-state index contributed by atoms with van der Waals surface area (Å²) in [6.45, 7) is 6.96. The minimum atomic E-state index is -1.82. The van der Waals surface area contributed by atoms with Crippen molar-refractivity contribution in [2.24, 2.45) is 0 Å². The molecule has 1 atom stereocenters. The molecule has 2 rings (SSSR count). The van der Waals surface area contributed by atoms with E-state index in [2.05, 4.69) is 0 Å². The van der Waals surface area contributed by atoms with Gasteiger partial charge < -0.3 is 14.8 Å². The SMILES string of the molecule is Cc1c([S+]([O-])c2cc(Cl)c(Cl)cc2Cl)cc(C(C)(C)C)c(O)c1C(=O)O. The second-order valence-electron chi connectivity index (χ2n) is 6.79. The first-order chi connectivity index (χ1) is 11.9. The van der Waals surface area contributed by atoms with Crippen LogP contribution in [0.1, 0.15) is 42.3 Å². The van der Waals surface area contributed by atoms with Gasteiger partial charge in [-0.1, -0.05) is 55.6 Å². The van der Waals surface area contributed by atoms with Crippen molar-refractivity contribution in [2.75, 3.05) is 0 Å². The second-order valence-corrected chi connectivity index (χ2v) is 9.43. The van der Waals surface area contributed by atoms with Crippen LogP contribution < -0.4 is 0 Å². The standard InChI is InChI=1S/C18H17Cl3O4S/c1-8-13(26(25)14-7-11(20)10(19)6-12(14)21)5-9(18(2,3)4)16(22)15(8)17(23)24/h5-7,22H,1-4H3,(H,23,24). The summed E-state index contributed by atoms with van der Waals surface area (Å²) in [7, 11) is 0. The Morgan fingerprint density at radius 2 is 1.58 bits per heavy atom. The van der Waals surface area contributed by atoms with E-state index in [0.29, 0.717) is 5.56 Å². The van der Waals surface area contributed by atoms with Crippen LogP contribution in [0.5, 0.6) is 5.75 Å². The highest BCUT2D eigenvalue weighted by atomic mass is 35.5. The molecule has 8 heteroatoms. The number of rotatable bonds is 3. The van der Waals surface area contributed by atoms with E-state index in [1.807, 2.05) is 20.8 Å². The summed E-state index contributed by atoms with van der Waals surface area (Å²) in [6.07, 6.45) is 0. The van der Waals surface area contributed by atoms with Crippen LogP contribution in [0.25, 0.3) is 0 Å². The first-order valence-electron chi connectivity index (χ1n) is 7.53. The molecule has 1 unspecified atom stereocenters. The van der Waals surface area contributed by atoms with Crippen LogP contribution in [0.4, 0.5) is 0 Å². The van der Waals surface area contributed by atoms with Gasteiger partial charge in [0, 0.05) is 34.4 Å². The fourth-order valence-electron chi connectivity index (χ4n) is 2.53. The Bertz CT molecular complexity index is 891. The third-order valence-electron chi connectivity index (χ3n) is 3.91. The number of carbonyl (C=O) groups is 1. The molecule has 0 saturated carbocycles. The molecule has 2 aromatic carbocycles. The van der Waals surface area contributed by atoms with Gasteiger partial charge in [0.25, 0.3) is 0 Å². The second kappa shape index (κ2) is 7.49. The quantitative estimate of drug-likeness (QED) is 0.470. The van der Waals surface area contributed by atoms with Crippen LogP contribution in [-0.4, -0.2) is 20.7 Å². The minimum Gasteiger partial charge on any atom is -0.606 e. The van der Waals surface area contributed by atoms with Gasteiger partial charge in [0.2, 0.25) is 0 Å². The van der Waals surface area contributed by atoms with E-state index in [1.54, 1.807) is 6.07 Å². The molecule has 0 aliphatic heterocycles. The van der Waals surface area contributed by atoms with Gasteiger partial charge in [0.15, 0.2) is 9.79 Å². The number of halogens is 3. The number of carboxylic acids is 1. The first-order valence-corrected chi connectivity index (χ1v) is 9.81. The van der Waals surface area contributed by atoms with Gasteiger partial charge >= 0.3 is 5.97 Å². The van der Waals surface area contributed by atoms with Gasteiger partial charge in [-0.3, -0.25) is 0 Å². The molecule has 0 aliphatic carbocycles. The lowest BCUT2D eigenvalue weighted by atomic mass is 9.84. The molecule has 0 spiro atoms. The van der Waals surface area contributed by atoms with Crippen LogP contribution in [-0.2, 0) is 16.6 Å². The van der Waals surface area contributed by atoms with Crippen LogP contribution >= 0.6 is 34.8 Å². The van der Waals surface area contributed by atoms with Crippen molar-refractivity contribution in [2.45, 2.75) is 42.9 Å². The lowest BCUT2D eigenvalue weighted by molar-refractivity contribution is 0.0692. The first kappa shape index (κ1) is 21.2. The van der Waals surface area contributed by atoms with Gasteiger partial charge in [-0.05, 0) is 18.4 Å². The average Bonchev–Trinajstić information content (AvgIpc) is 2.48. The lowest BCUT2D eigenvalue weighted by Crippen LogP contribution is -2.17. The number of carboxylic acid groups (broad SMARTS) is 1. The van der Waals surface area contributed by atoms with Crippen molar-refractivity contribution in [3.05, 3.63) is 50.0 Å². The summed E-state index contributed by atoms with van der Waals surface area (Å²) in [6, 6.07) is 4.33. The lowest BCUT2D eigenvalue weighted by Gasteiger charge is -2.24. The molecule has 2 aromatic rings. The third kappa shape index (κ3) is 3.92. The molecule has 0 aliphatic rings. The number of aromatic carboxylic acids is 1.